The number of nitrogens with one attached hydrogen (secondary N) is 1. The van der Waals surface area contributed by atoms with Gasteiger partial charge in [-0.25, -0.2) is 8.42 Å². The monoisotopic (exact) mass is 338 g/mol. The van der Waals surface area contributed by atoms with Gasteiger partial charge < -0.3 is 5.32 Å². The van der Waals surface area contributed by atoms with Gasteiger partial charge in [0.15, 0.2) is 0 Å². The van der Waals surface area contributed by atoms with E-state index in [2.05, 4.69) is 5.32 Å². The summed E-state index contributed by atoms with van der Waals surface area (Å²) in [5.74, 6) is -0.0725. The van der Waals surface area contributed by atoms with E-state index in [4.69, 9.17) is 0 Å². The zero-order valence-electron chi connectivity index (χ0n) is 14.1. The average Bonchev–Trinajstić information content (AvgIpc) is 2.55. The van der Waals surface area contributed by atoms with Crippen LogP contribution >= 0.6 is 0 Å². The van der Waals surface area contributed by atoms with Gasteiger partial charge in [-0.1, -0.05) is 25.1 Å². The molecule has 0 unspecified atom stereocenters. The second kappa shape index (κ2) is 7.01. The molecule has 1 heterocycles. The molecule has 1 aliphatic rings. The number of carbonyl (C=O) groups excluding carboxylic acids is 1. The van der Waals surface area contributed by atoms with Gasteiger partial charge in [-0.2, -0.15) is 4.31 Å². The van der Waals surface area contributed by atoms with E-state index >= 15 is 0 Å². The van der Waals surface area contributed by atoms with Gasteiger partial charge in [0.2, 0.25) is 15.9 Å². The normalized spacial score (nSPS) is 17.9. The van der Waals surface area contributed by atoms with E-state index in [0.717, 1.165) is 6.42 Å². The van der Waals surface area contributed by atoms with Gasteiger partial charge in [0.05, 0.1) is 4.90 Å². The fourth-order valence-electron chi connectivity index (χ4n) is 2.62. The summed E-state index contributed by atoms with van der Waals surface area (Å²) in [6, 6.07) is 8.46. The molecule has 1 aliphatic heterocycles. The lowest BCUT2D eigenvalue weighted by Gasteiger charge is -2.33. The first-order valence-corrected chi connectivity index (χ1v) is 9.57. The maximum Gasteiger partial charge on any atom is 0.243 e. The SMILES string of the molecule is CCC(C)(C)NC(=O)C1CCN(S(=O)(=O)c2ccccc2)CC1. The minimum Gasteiger partial charge on any atom is -0.351 e. The van der Waals surface area contributed by atoms with Crippen LogP contribution in [0.15, 0.2) is 35.2 Å². The number of sulfonamides is 1. The Morgan fingerprint density at radius 1 is 1.22 bits per heavy atom. The van der Waals surface area contributed by atoms with Crippen molar-refractivity contribution < 1.29 is 13.2 Å². The van der Waals surface area contributed by atoms with Crippen molar-refractivity contribution in [2.75, 3.05) is 13.1 Å². The number of piperidine rings is 1. The fourth-order valence-corrected chi connectivity index (χ4v) is 4.11. The summed E-state index contributed by atoms with van der Waals surface area (Å²) in [7, 11) is -3.45. The predicted molar refractivity (Wildman–Crippen MR) is 90.4 cm³/mol. The molecule has 1 N–H and O–H groups in total. The number of rotatable bonds is 5. The molecule has 0 atom stereocenters. The smallest absolute Gasteiger partial charge is 0.243 e. The van der Waals surface area contributed by atoms with Crippen LogP contribution in [0.2, 0.25) is 0 Å². The van der Waals surface area contributed by atoms with Gasteiger partial charge >= 0.3 is 0 Å². The lowest BCUT2D eigenvalue weighted by Crippen LogP contribution is -2.48. The van der Waals surface area contributed by atoms with Crippen molar-refractivity contribution in [3.05, 3.63) is 30.3 Å². The molecule has 0 radical (unpaired) electrons. The minimum atomic E-state index is -3.45. The largest absolute Gasteiger partial charge is 0.351 e. The van der Waals surface area contributed by atoms with E-state index in [1.54, 1.807) is 30.3 Å². The Morgan fingerprint density at radius 3 is 2.30 bits per heavy atom. The maximum atomic E-state index is 12.6. The average molecular weight is 338 g/mol. The molecule has 0 saturated carbocycles. The van der Waals surface area contributed by atoms with Crippen LogP contribution in [0, 0.1) is 5.92 Å². The topological polar surface area (TPSA) is 66.5 Å². The Kier molecular flexibility index (Phi) is 5.47. The second-order valence-corrected chi connectivity index (χ2v) is 8.66. The highest BCUT2D eigenvalue weighted by molar-refractivity contribution is 7.89. The van der Waals surface area contributed by atoms with Crippen LogP contribution in [0.1, 0.15) is 40.0 Å². The summed E-state index contributed by atoms with van der Waals surface area (Å²) >= 11 is 0. The molecule has 1 aromatic rings. The van der Waals surface area contributed by atoms with Crippen molar-refractivity contribution in [2.24, 2.45) is 5.92 Å². The van der Waals surface area contributed by atoms with Crippen molar-refractivity contribution in [3.8, 4) is 0 Å². The highest BCUT2D eigenvalue weighted by Crippen LogP contribution is 2.24. The molecule has 0 spiro atoms. The highest BCUT2D eigenvalue weighted by atomic mass is 32.2. The first-order chi connectivity index (χ1) is 10.8. The first-order valence-electron chi connectivity index (χ1n) is 8.13. The maximum absolute atomic E-state index is 12.6. The van der Waals surface area contributed by atoms with E-state index < -0.39 is 10.0 Å². The molecular formula is C17H26N2O3S. The molecule has 1 aromatic carbocycles. The van der Waals surface area contributed by atoms with Crippen molar-refractivity contribution in [1.29, 1.82) is 0 Å². The van der Waals surface area contributed by atoms with Crippen molar-refractivity contribution in [2.45, 2.75) is 50.5 Å². The third-order valence-corrected chi connectivity index (χ3v) is 6.46. The van der Waals surface area contributed by atoms with Crippen LogP contribution in [-0.4, -0.2) is 37.3 Å². The molecule has 1 fully saturated rings. The second-order valence-electron chi connectivity index (χ2n) is 6.72. The number of benzene rings is 1. The van der Waals surface area contributed by atoms with E-state index in [1.807, 2.05) is 20.8 Å². The van der Waals surface area contributed by atoms with Gasteiger partial charge in [-0.05, 0) is 45.2 Å². The molecule has 5 nitrogen and oxygen atoms in total. The van der Waals surface area contributed by atoms with Crippen LogP contribution in [-0.2, 0) is 14.8 Å². The molecule has 2 rings (SSSR count). The summed E-state index contributed by atoms with van der Waals surface area (Å²) in [5.41, 5.74) is -0.218. The van der Waals surface area contributed by atoms with Crippen molar-refractivity contribution in [1.82, 2.24) is 9.62 Å². The Hall–Kier alpha value is -1.40. The number of hydrogen-bond donors (Lipinski definition) is 1. The van der Waals surface area contributed by atoms with Crippen LogP contribution in [0.3, 0.4) is 0 Å². The zero-order valence-corrected chi connectivity index (χ0v) is 14.9. The number of amides is 1. The van der Waals surface area contributed by atoms with Gasteiger partial charge in [0.1, 0.15) is 0 Å². The Morgan fingerprint density at radius 2 is 1.78 bits per heavy atom. The van der Waals surface area contributed by atoms with Crippen molar-refractivity contribution >= 4 is 15.9 Å². The lowest BCUT2D eigenvalue weighted by molar-refractivity contribution is -0.127. The Labute approximate surface area is 139 Å². The minimum absolute atomic E-state index is 0.0357. The molecule has 0 aromatic heterocycles. The van der Waals surface area contributed by atoms with Gasteiger partial charge in [-0.3, -0.25) is 4.79 Å². The summed E-state index contributed by atoms with van der Waals surface area (Å²) in [6.07, 6.45) is 2.00. The van der Waals surface area contributed by atoms with E-state index in [1.165, 1.54) is 4.31 Å². The standard InChI is InChI=1S/C17H26N2O3S/c1-4-17(2,3)18-16(20)14-10-12-19(13-11-14)23(21,22)15-8-6-5-7-9-15/h5-9,14H,4,10-13H2,1-3H3,(H,18,20). The molecule has 23 heavy (non-hydrogen) atoms. The van der Waals surface area contributed by atoms with E-state index in [9.17, 15) is 13.2 Å². The predicted octanol–water partition coefficient (Wildman–Crippen LogP) is 2.39. The third kappa shape index (κ3) is 4.32. The number of carbonyl (C=O) groups is 1. The summed E-state index contributed by atoms with van der Waals surface area (Å²) in [6.45, 7) is 6.82. The van der Waals surface area contributed by atoms with Gasteiger partial charge in [0, 0.05) is 24.5 Å². The van der Waals surface area contributed by atoms with E-state index in [-0.39, 0.29) is 17.4 Å². The van der Waals surface area contributed by atoms with Crippen LogP contribution < -0.4 is 5.32 Å². The van der Waals surface area contributed by atoms with Gasteiger partial charge in [0.25, 0.3) is 0 Å². The van der Waals surface area contributed by atoms with Crippen LogP contribution in [0.4, 0.5) is 0 Å². The van der Waals surface area contributed by atoms with E-state index in [0.29, 0.717) is 30.8 Å². The molecule has 0 bridgehead atoms. The third-order valence-electron chi connectivity index (χ3n) is 4.55. The van der Waals surface area contributed by atoms with Gasteiger partial charge in [-0.15, -0.1) is 0 Å². The van der Waals surface area contributed by atoms with Crippen LogP contribution in [0.25, 0.3) is 0 Å². The molecule has 1 saturated heterocycles. The summed E-state index contributed by atoms with van der Waals surface area (Å²) < 4.78 is 26.6. The number of nitrogens with zero attached hydrogens (tertiary/aromatic N) is 1. The molecule has 128 valence electrons. The summed E-state index contributed by atoms with van der Waals surface area (Å²) in [4.78, 5) is 12.6. The Balaban J connectivity index is 1.98. The Bertz CT molecular complexity index is 633. The molecule has 1 amide bonds. The number of hydrogen-bond acceptors (Lipinski definition) is 3. The highest BCUT2D eigenvalue weighted by Gasteiger charge is 2.33. The molecule has 6 heteroatoms. The fraction of sp³-hybridized carbons (Fsp3) is 0.588. The van der Waals surface area contributed by atoms with Crippen molar-refractivity contribution in [3.63, 3.8) is 0 Å². The van der Waals surface area contributed by atoms with Crippen LogP contribution in [0.5, 0.6) is 0 Å². The quantitative estimate of drug-likeness (QED) is 0.896. The first kappa shape index (κ1) is 17.9. The molecular weight excluding hydrogens is 312 g/mol. The lowest BCUT2D eigenvalue weighted by atomic mass is 9.94. The zero-order chi connectivity index (χ0) is 17.1. The summed E-state index contributed by atoms with van der Waals surface area (Å²) in [5, 5.41) is 3.05. The molecule has 0 aliphatic carbocycles.